The van der Waals surface area contributed by atoms with Crippen molar-refractivity contribution in [3.63, 3.8) is 0 Å². The molecule has 0 N–H and O–H groups in total. The number of pyridine rings is 1. The molecule has 2 aliphatic carbocycles. The van der Waals surface area contributed by atoms with Crippen LogP contribution >= 0.6 is 0 Å². The van der Waals surface area contributed by atoms with Gasteiger partial charge in [0.1, 0.15) is 6.61 Å². The highest BCUT2D eigenvalue weighted by Gasteiger charge is 2.61. The van der Waals surface area contributed by atoms with Crippen molar-refractivity contribution in [3.05, 3.63) is 30.1 Å². The van der Waals surface area contributed by atoms with Crippen molar-refractivity contribution in [2.24, 2.45) is 11.3 Å². The Hall–Kier alpha value is -1.52. The van der Waals surface area contributed by atoms with Crippen molar-refractivity contribution < 1.29 is 18.3 Å². The van der Waals surface area contributed by atoms with Gasteiger partial charge in [-0.15, -0.1) is 0 Å². The molecular weight excluding hydrogens is 264 g/mol. The fourth-order valence-corrected chi connectivity index (χ4v) is 3.08. The average Bonchev–Trinajstić information content (AvgIpc) is 3.16. The molecule has 2 saturated carbocycles. The van der Waals surface area contributed by atoms with E-state index >= 15 is 0 Å². The molecule has 1 atom stereocenters. The van der Waals surface area contributed by atoms with Gasteiger partial charge in [0.25, 0.3) is 0 Å². The minimum Gasteiger partial charge on any atom is -0.459 e. The maximum Gasteiger partial charge on any atom is 0.309 e. The van der Waals surface area contributed by atoms with Crippen LogP contribution in [0.5, 0.6) is 0 Å². The fraction of sp³-hybridized carbons (Fsp3) is 0.600. The van der Waals surface area contributed by atoms with Crippen LogP contribution in [0.2, 0.25) is 0 Å². The van der Waals surface area contributed by atoms with Gasteiger partial charge in [0.05, 0.1) is 11.6 Å². The number of rotatable bonds is 3. The number of hydrogen-bond donors (Lipinski definition) is 0. The van der Waals surface area contributed by atoms with Gasteiger partial charge in [-0.1, -0.05) is 6.07 Å². The van der Waals surface area contributed by atoms with Crippen molar-refractivity contribution in [1.82, 2.24) is 4.98 Å². The first-order valence-corrected chi connectivity index (χ1v) is 6.95. The first kappa shape index (κ1) is 13.5. The van der Waals surface area contributed by atoms with E-state index in [9.17, 15) is 13.6 Å². The van der Waals surface area contributed by atoms with E-state index in [1.807, 2.05) is 6.07 Å². The number of hydrogen-bond acceptors (Lipinski definition) is 3. The first-order valence-electron chi connectivity index (χ1n) is 6.95. The minimum atomic E-state index is -2.55. The number of carbonyl (C=O) groups is 1. The summed E-state index contributed by atoms with van der Waals surface area (Å²) in [5, 5.41) is 0. The molecule has 3 nitrogen and oxygen atoms in total. The van der Waals surface area contributed by atoms with E-state index in [0.29, 0.717) is 25.0 Å². The van der Waals surface area contributed by atoms with Crippen LogP contribution in [0.15, 0.2) is 24.4 Å². The first-order chi connectivity index (χ1) is 9.51. The highest BCUT2D eigenvalue weighted by Crippen LogP contribution is 2.63. The summed E-state index contributed by atoms with van der Waals surface area (Å²) in [4.78, 5) is 16.1. The molecule has 0 radical (unpaired) electrons. The van der Waals surface area contributed by atoms with Gasteiger partial charge in [0.15, 0.2) is 0 Å². The second-order valence-corrected chi connectivity index (χ2v) is 5.90. The molecule has 1 heterocycles. The molecule has 0 aromatic carbocycles. The van der Waals surface area contributed by atoms with Gasteiger partial charge in [-0.3, -0.25) is 9.78 Å². The molecule has 1 unspecified atom stereocenters. The normalized spacial score (nSPS) is 26.2. The Morgan fingerprint density at radius 3 is 2.70 bits per heavy atom. The van der Waals surface area contributed by atoms with Gasteiger partial charge in [0, 0.05) is 19.0 Å². The molecule has 0 saturated heterocycles. The lowest BCUT2D eigenvalue weighted by Gasteiger charge is -2.28. The maximum atomic E-state index is 13.1. The Labute approximate surface area is 116 Å². The molecule has 0 amide bonds. The molecule has 1 spiro atoms. The summed E-state index contributed by atoms with van der Waals surface area (Å²) in [7, 11) is 0. The molecule has 108 valence electrons. The van der Waals surface area contributed by atoms with Crippen molar-refractivity contribution in [3.8, 4) is 0 Å². The largest absolute Gasteiger partial charge is 0.459 e. The van der Waals surface area contributed by atoms with Crippen LogP contribution in [0.1, 0.15) is 37.8 Å². The monoisotopic (exact) mass is 281 g/mol. The van der Waals surface area contributed by atoms with E-state index in [1.165, 1.54) is 0 Å². The summed E-state index contributed by atoms with van der Waals surface area (Å²) in [5.74, 6) is -3.00. The number of ether oxygens (including phenoxy) is 1. The standard InChI is InChI=1S/C15H17F2NO2/c16-15(17)6-4-14(5-7-15)9-12(14)13(19)20-10-11-3-1-2-8-18-11/h1-3,8,12H,4-7,9-10H2. The summed E-state index contributed by atoms with van der Waals surface area (Å²) in [6.45, 7) is 0.155. The molecule has 5 heteroatoms. The summed E-state index contributed by atoms with van der Waals surface area (Å²) < 4.78 is 31.5. The van der Waals surface area contributed by atoms with Crippen LogP contribution in [0.3, 0.4) is 0 Å². The Morgan fingerprint density at radius 1 is 1.30 bits per heavy atom. The number of aromatic nitrogens is 1. The molecule has 1 aromatic heterocycles. The van der Waals surface area contributed by atoms with Crippen molar-refractivity contribution in [2.45, 2.75) is 44.6 Å². The van der Waals surface area contributed by atoms with E-state index in [0.717, 1.165) is 0 Å². The third kappa shape index (κ3) is 2.67. The summed E-state index contributed by atoms with van der Waals surface area (Å²) in [6.07, 6.45) is 3.01. The molecule has 0 aliphatic heterocycles. The van der Waals surface area contributed by atoms with Gasteiger partial charge in [0.2, 0.25) is 5.92 Å². The predicted molar refractivity (Wildman–Crippen MR) is 68.0 cm³/mol. The third-order valence-corrected chi connectivity index (χ3v) is 4.54. The SMILES string of the molecule is O=C(OCc1ccccn1)C1CC12CCC(F)(F)CC2. The zero-order valence-electron chi connectivity index (χ0n) is 11.1. The van der Waals surface area contributed by atoms with Crippen LogP contribution in [0.25, 0.3) is 0 Å². The second kappa shape index (κ2) is 4.79. The molecule has 2 aliphatic rings. The van der Waals surface area contributed by atoms with Gasteiger partial charge >= 0.3 is 5.97 Å². The van der Waals surface area contributed by atoms with Gasteiger partial charge in [-0.2, -0.15) is 0 Å². The maximum absolute atomic E-state index is 13.1. The molecule has 2 fully saturated rings. The molecule has 1 aromatic rings. The number of alkyl halides is 2. The topological polar surface area (TPSA) is 39.2 Å². The smallest absolute Gasteiger partial charge is 0.309 e. The van der Waals surface area contributed by atoms with Crippen molar-refractivity contribution in [1.29, 1.82) is 0 Å². The van der Waals surface area contributed by atoms with Gasteiger partial charge < -0.3 is 4.74 Å². The summed E-state index contributed by atoms with van der Waals surface area (Å²) >= 11 is 0. The number of carbonyl (C=O) groups excluding carboxylic acids is 1. The van der Waals surface area contributed by atoms with E-state index in [2.05, 4.69) is 4.98 Å². The fourth-order valence-electron chi connectivity index (χ4n) is 3.08. The minimum absolute atomic E-state index is 0.100. The van der Waals surface area contributed by atoms with Crippen LogP contribution in [0.4, 0.5) is 8.78 Å². The second-order valence-electron chi connectivity index (χ2n) is 5.90. The van der Waals surface area contributed by atoms with Crippen molar-refractivity contribution in [2.75, 3.05) is 0 Å². The van der Waals surface area contributed by atoms with E-state index in [-0.39, 0.29) is 36.8 Å². The summed E-state index contributed by atoms with van der Waals surface area (Å²) in [5.41, 5.74) is 0.494. The highest BCUT2D eigenvalue weighted by atomic mass is 19.3. The van der Waals surface area contributed by atoms with E-state index in [4.69, 9.17) is 4.74 Å². The molecule has 20 heavy (non-hydrogen) atoms. The quantitative estimate of drug-likeness (QED) is 0.798. The highest BCUT2D eigenvalue weighted by molar-refractivity contribution is 5.77. The van der Waals surface area contributed by atoms with E-state index in [1.54, 1.807) is 18.3 Å². The van der Waals surface area contributed by atoms with Crippen LogP contribution < -0.4 is 0 Å². The van der Waals surface area contributed by atoms with Crippen LogP contribution in [0, 0.1) is 11.3 Å². The Bertz CT molecular complexity index is 494. The lowest BCUT2D eigenvalue weighted by molar-refractivity contribution is -0.148. The molecule has 0 bridgehead atoms. The lowest BCUT2D eigenvalue weighted by Crippen LogP contribution is -2.27. The van der Waals surface area contributed by atoms with Crippen LogP contribution in [-0.2, 0) is 16.1 Å². The third-order valence-electron chi connectivity index (χ3n) is 4.54. The Balaban J connectivity index is 1.51. The molecule has 3 rings (SSSR count). The van der Waals surface area contributed by atoms with Crippen molar-refractivity contribution >= 4 is 5.97 Å². The number of nitrogens with zero attached hydrogens (tertiary/aromatic N) is 1. The summed E-state index contributed by atoms with van der Waals surface area (Å²) in [6, 6.07) is 5.42. The zero-order chi connectivity index (χ0) is 14.2. The van der Waals surface area contributed by atoms with Gasteiger partial charge in [-0.05, 0) is 36.8 Å². The van der Waals surface area contributed by atoms with Gasteiger partial charge in [-0.25, -0.2) is 8.78 Å². The molecular formula is C15H17F2NO2. The predicted octanol–water partition coefficient (Wildman–Crippen LogP) is 3.34. The Morgan fingerprint density at radius 2 is 2.05 bits per heavy atom. The Kier molecular flexibility index (Phi) is 3.22. The number of halogens is 2. The van der Waals surface area contributed by atoms with E-state index < -0.39 is 5.92 Å². The lowest BCUT2D eigenvalue weighted by atomic mass is 9.82. The van der Waals surface area contributed by atoms with Crippen LogP contribution in [-0.4, -0.2) is 16.9 Å². The number of esters is 1. The average molecular weight is 281 g/mol. The zero-order valence-corrected chi connectivity index (χ0v) is 11.1.